The molecule has 0 saturated carbocycles. The van der Waals surface area contributed by atoms with Gasteiger partial charge in [-0.2, -0.15) is 0 Å². The van der Waals surface area contributed by atoms with Gasteiger partial charge in [-0.15, -0.1) is 0 Å². The number of rotatable bonds is 8. The molecule has 2 heterocycles. The third-order valence-electron chi connectivity index (χ3n) is 5.06. The lowest BCUT2D eigenvalue weighted by Gasteiger charge is -2.35. The number of carbonyl (C=O) groups is 2. The van der Waals surface area contributed by atoms with E-state index in [-0.39, 0.29) is 13.0 Å². The molecule has 160 valence electrons. The number of carboxylic acids is 1. The van der Waals surface area contributed by atoms with Crippen molar-refractivity contribution in [3.8, 4) is 0 Å². The van der Waals surface area contributed by atoms with Gasteiger partial charge in [0.05, 0.1) is 11.6 Å². The van der Waals surface area contributed by atoms with Crippen molar-refractivity contribution in [3.05, 3.63) is 59.9 Å². The minimum atomic E-state index is -1.12. The second-order valence-electron chi connectivity index (χ2n) is 7.28. The van der Waals surface area contributed by atoms with Gasteiger partial charge in [-0.05, 0) is 24.3 Å². The number of amides is 1. The first-order chi connectivity index (χ1) is 14.4. The molecule has 0 spiro atoms. The summed E-state index contributed by atoms with van der Waals surface area (Å²) in [4.78, 5) is 32.4. The second-order valence-corrected chi connectivity index (χ2v) is 7.28. The fourth-order valence-electron chi connectivity index (χ4n) is 3.42. The molecule has 1 aromatic carbocycles. The van der Waals surface area contributed by atoms with Crippen molar-refractivity contribution in [2.75, 3.05) is 38.0 Å². The number of anilines is 1. The lowest BCUT2D eigenvalue weighted by molar-refractivity contribution is -0.144. The topological polar surface area (TPSA) is 85.8 Å². The Labute approximate surface area is 173 Å². The highest BCUT2D eigenvalue weighted by Gasteiger charge is 2.27. The van der Waals surface area contributed by atoms with Gasteiger partial charge >= 0.3 is 5.97 Å². The van der Waals surface area contributed by atoms with Gasteiger partial charge in [0.1, 0.15) is 17.3 Å². The summed E-state index contributed by atoms with van der Waals surface area (Å²) in [6.07, 6.45) is 1.39. The molecule has 0 radical (unpaired) electrons. The molecule has 2 aromatic rings. The number of nitrogens with one attached hydrogen (secondary N) is 1. The summed E-state index contributed by atoms with van der Waals surface area (Å²) in [5.41, 5.74) is 0.418. The Morgan fingerprint density at radius 2 is 1.70 bits per heavy atom. The SMILES string of the molecule is O=C(C[C@H](CN1CCN(Cc2ccccn2)CC1)C(=O)O)Nc1c(F)cccc1F. The Hall–Kier alpha value is -2.91. The number of carboxylic acid groups (broad SMARTS) is 1. The van der Waals surface area contributed by atoms with E-state index in [0.29, 0.717) is 13.1 Å². The Balaban J connectivity index is 1.50. The van der Waals surface area contributed by atoms with Crippen molar-refractivity contribution in [2.45, 2.75) is 13.0 Å². The third kappa shape index (κ3) is 6.04. The maximum atomic E-state index is 13.7. The fourth-order valence-corrected chi connectivity index (χ4v) is 3.42. The lowest BCUT2D eigenvalue weighted by Crippen LogP contribution is -2.48. The normalized spacial score (nSPS) is 16.2. The number of nitrogens with zero attached hydrogens (tertiary/aromatic N) is 3. The summed E-state index contributed by atoms with van der Waals surface area (Å²) in [6.45, 7) is 3.78. The van der Waals surface area contributed by atoms with E-state index in [2.05, 4.69) is 15.2 Å². The monoisotopic (exact) mass is 418 g/mol. The molecule has 7 nitrogen and oxygen atoms in total. The molecule has 3 rings (SSSR count). The maximum absolute atomic E-state index is 13.7. The molecule has 30 heavy (non-hydrogen) atoms. The fraction of sp³-hybridized carbons (Fsp3) is 0.381. The molecule has 1 fully saturated rings. The average Bonchev–Trinajstić information content (AvgIpc) is 2.72. The molecule has 1 saturated heterocycles. The highest BCUT2D eigenvalue weighted by Crippen LogP contribution is 2.19. The van der Waals surface area contributed by atoms with Crippen LogP contribution >= 0.6 is 0 Å². The van der Waals surface area contributed by atoms with Crippen molar-refractivity contribution in [2.24, 2.45) is 5.92 Å². The Morgan fingerprint density at radius 3 is 2.30 bits per heavy atom. The Morgan fingerprint density at radius 1 is 1.03 bits per heavy atom. The first-order valence-electron chi connectivity index (χ1n) is 9.73. The molecule has 2 N–H and O–H groups in total. The molecular weight excluding hydrogens is 394 g/mol. The molecule has 1 amide bonds. The molecular formula is C21H24F2N4O3. The van der Waals surface area contributed by atoms with Crippen molar-refractivity contribution < 1.29 is 23.5 Å². The standard InChI is InChI=1S/C21H24F2N4O3/c22-17-5-3-6-18(23)20(17)25-19(28)12-15(21(29)30)13-26-8-10-27(11-9-26)14-16-4-1-2-7-24-16/h1-7,15H,8-14H2,(H,25,28)(H,29,30)/t15-/m1/s1. The van der Waals surface area contributed by atoms with Gasteiger partial charge in [-0.1, -0.05) is 12.1 Å². The minimum absolute atomic E-state index is 0.194. The van der Waals surface area contributed by atoms with Crippen LogP contribution in [0.4, 0.5) is 14.5 Å². The van der Waals surface area contributed by atoms with Crippen LogP contribution in [0.25, 0.3) is 0 Å². The number of para-hydroxylation sites is 1. The summed E-state index contributed by atoms with van der Waals surface area (Å²) in [6, 6.07) is 9.01. The molecule has 0 bridgehead atoms. The average molecular weight is 418 g/mol. The van der Waals surface area contributed by atoms with Crippen LogP contribution in [0.1, 0.15) is 12.1 Å². The van der Waals surface area contributed by atoms with Gasteiger partial charge < -0.3 is 10.4 Å². The van der Waals surface area contributed by atoms with E-state index in [1.165, 1.54) is 6.07 Å². The van der Waals surface area contributed by atoms with Crippen LogP contribution in [0.15, 0.2) is 42.6 Å². The number of halogens is 2. The molecule has 1 atom stereocenters. The van der Waals surface area contributed by atoms with Gasteiger partial charge in [0.15, 0.2) is 0 Å². The van der Waals surface area contributed by atoms with Crippen LogP contribution in [0.2, 0.25) is 0 Å². The summed E-state index contributed by atoms with van der Waals surface area (Å²) in [7, 11) is 0. The van der Waals surface area contributed by atoms with E-state index in [1.807, 2.05) is 23.1 Å². The van der Waals surface area contributed by atoms with Gasteiger partial charge in [-0.3, -0.25) is 24.4 Å². The number of piperazine rings is 1. The zero-order chi connectivity index (χ0) is 21.5. The van der Waals surface area contributed by atoms with E-state index in [0.717, 1.165) is 37.5 Å². The smallest absolute Gasteiger partial charge is 0.308 e. The highest BCUT2D eigenvalue weighted by atomic mass is 19.1. The lowest BCUT2D eigenvalue weighted by atomic mass is 10.0. The third-order valence-corrected chi connectivity index (χ3v) is 5.06. The van der Waals surface area contributed by atoms with E-state index in [1.54, 1.807) is 6.20 Å². The molecule has 0 unspecified atom stereocenters. The van der Waals surface area contributed by atoms with Gasteiger partial charge in [0, 0.05) is 51.9 Å². The van der Waals surface area contributed by atoms with Crippen molar-refractivity contribution >= 4 is 17.6 Å². The van der Waals surface area contributed by atoms with Crippen LogP contribution in [-0.2, 0) is 16.1 Å². The molecule has 9 heteroatoms. The van der Waals surface area contributed by atoms with Crippen LogP contribution in [-0.4, -0.2) is 64.5 Å². The molecule has 1 aliphatic rings. The van der Waals surface area contributed by atoms with Gasteiger partial charge in [0.2, 0.25) is 5.91 Å². The van der Waals surface area contributed by atoms with Crippen LogP contribution in [0.5, 0.6) is 0 Å². The molecule has 1 aliphatic heterocycles. The van der Waals surface area contributed by atoms with Gasteiger partial charge in [0.25, 0.3) is 0 Å². The number of pyridine rings is 1. The van der Waals surface area contributed by atoms with E-state index in [9.17, 15) is 23.5 Å². The van der Waals surface area contributed by atoms with E-state index in [4.69, 9.17) is 0 Å². The summed E-state index contributed by atoms with van der Waals surface area (Å²) in [5, 5.41) is 11.7. The first-order valence-corrected chi connectivity index (χ1v) is 9.73. The zero-order valence-electron chi connectivity index (χ0n) is 16.4. The second kappa shape index (κ2) is 10.2. The Bertz CT molecular complexity index is 854. The van der Waals surface area contributed by atoms with E-state index < -0.39 is 35.1 Å². The maximum Gasteiger partial charge on any atom is 0.308 e. The van der Waals surface area contributed by atoms with Crippen molar-refractivity contribution in [3.63, 3.8) is 0 Å². The number of carbonyl (C=O) groups excluding carboxylic acids is 1. The van der Waals surface area contributed by atoms with Crippen LogP contribution in [0, 0.1) is 17.6 Å². The summed E-state index contributed by atoms with van der Waals surface area (Å²) < 4.78 is 27.4. The first kappa shape index (κ1) is 21.8. The van der Waals surface area contributed by atoms with Crippen molar-refractivity contribution in [1.82, 2.24) is 14.8 Å². The molecule has 1 aromatic heterocycles. The molecule has 0 aliphatic carbocycles. The number of hydrogen-bond acceptors (Lipinski definition) is 5. The van der Waals surface area contributed by atoms with Crippen LogP contribution in [0.3, 0.4) is 0 Å². The largest absolute Gasteiger partial charge is 0.481 e. The number of benzene rings is 1. The van der Waals surface area contributed by atoms with Crippen LogP contribution < -0.4 is 5.32 Å². The minimum Gasteiger partial charge on any atom is -0.481 e. The number of aliphatic carboxylic acids is 1. The quantitative estimate of drug-likeness (QED) is 0.684. The predicted molar refractivity (Wildman–Crippen MR) is 107 cm³/mol. The number of hydrogen-bond donors (Lipinski definition) is 2. The summed E-state index contributed by atoms with van der Waals surface area (Å²) in [5.74, 6) is -4.63. The van der Waals surface area contributed by atoms with Crippen molar-refractivity contribution in [1.29, 1.82) is 0 Å². The van der Waals surface area contributed by atoms with E-state index >= 15 is 0 Å². The highest BCUT2D eigenvalue weighted by molar-refractivity contribution is 5.93. The predicted octanol–water partition coefficient (Wildman–Crippen LogP) is 2.21. The van der Waals surface area contributed by atoms with Gasteiger partial charge in [-0.25, -0.2) is 8.78 Å². The number of aromatic nitrogens is 1. The zero-order valence-corrected chi connectivity index (χ0v) is 16.4. The Kier molecular flexibility index (Phi) is 7.42. The summed E-state index contributed by atoms with van der Waals surface area (Å²) >= 11 is 0.